The van der Waals surface area contributed by atoms with Crippen LogP contribution in [0.25, 0.3) is 21.9 Å². The first-order valence-corrected chi connectivity index (χ1v) is 7.51. The van der Waals surface area contributed by atoms with E-state index in [2.05, 4.69) is 0 Å². The molecule has 3 aromatic carbocycles. The normalized spacial score (nSPS) is 11.1. The van der Waals surface area contributed by atoms with Gasteiger partial charge in [-0.15, -0.1) is 0 Å². The molecule has 0 atom stereocenters. The van der Waals surface area contributed by atoms with Crippen molar-refractivity contribution < 1.29 is 42.5 Å². The smallest absolute Gasteiger partial charge is 0.744 e. The van der Waals surface area contributed by atoms with Gasteiger partial charge in [-0.25, -0.2) is 8.42 Å². The molecule has 0 aromatic heterocycles. The quantitative estimate of drug-likeness (QED) is 0.509. The van der Waals surface area contributed by atoms with Crippen LogP contribution in [-0.4, -0.2) is 13.0 Å². The molecular formula is C16H11NaO3S. The first kappa shape index (κ1) is 16.2. The molecule has 21 heavy (non-hydrogen) atoms. The van der Waals surface area contributed by atoms with Crippen molar-refractivity contribution >= 4 is 20.9 Å². The minimum atomic E-state index is -4.51. The molecule has 5 heteroatoms. The van der Waals surface area contributed by atoms with E-state index < -0.39 is 10.1 Å². The molecular weight excluding hydrogens is 295 g/mol. The van der Waals surface area contributed by atoms with Crippen LogP contribution in [-0.2, 0) is 10.1 Å². The molecule has 0 saturated heterocycles. The Hall–Kier alpha value is -1.17. The summed E-state index contributed by atoms with van der Waals surface area (Å²) in [5.74, 6) is 0. The number of hydrogen-bond donors (Lipinski definition) is 0. The van der Waals surface area contributed by atoms with E-state index in [0.29, 0.717) is 5.39 Å². The van der Waals surface area contributed by atoms with Gasteiger partial charge in [0, 0.05) is 5.39 Å². The third-order valence-electron chi connectivity index (χ3n) is 3.22. The summed E-state index contributed by atoms with van der Waals surface area (Å²) in [6.45, 7) is 0. The van der Waals surface area contributed by atoms with Crippen LogP contribution >= 0.6 is 0 Å². The second kappa shape index (κ2) is 6.30. The molecule has 0 saturated carbocycles. The van der Waals surface area contributed by atoms with Gasteiger partial charge in [0.15, 0.2) is 0 Å². The minimum absolute atomic E-state index is 0. The van der Waals surface area contributed by atoms with Crippen LogP contribution in [0.5, 0.6) is 0 Å². The molecule has 0 aliphatic carbocycles. The largest absolute Gasteiger partial charge is 1.00 e. The maximum absolute atomic E-state index is 11.5. The van der Waals surface area contributed by atoms with Crippen LogP contribution in [0.2, 0.25) is 0 Å². The van der Waals surface area contributed by atoms with Gasteiger partial charge in [-0.1, -0.05) is 60.7 Å². The van der Waals surface area contributed by atoms with Gasteiger partial charge in [-0.05, 0) is 22.6 Å². The SMILES string of the molecule is O=S(=O)([O-])c1cccc2cccc(-c3ccccc3)c12.[Na+]. The Morgan fingerprint density at radius 1 is 0.762 bits per heavy atom. The first-order chi connectivity index (χ1) is 9.57. The monoisotopic (exact) mass is 306 g/mol. The summed E-state index contributed by atoms with van der Waals surface area (Å²) < 4.78 is 34.4. The van der Waals surface area contributed by atoms with E-state index in [-0.39, 0.29) is 34.5 Å². The first-order valence-electron chi connectivity index (χ1n) is 6.10. The Kier molecular flexibility index (Phi) is 4.86. The molecule has 0 bridgehead atoms. The average Bonchev–Trinajstić information content (AvgIpc) is 2.46. The fourth-order valence-corrected chi connectivity index (χ4v) is 3.10. The van der Waals surface area contributed by atoms with Crippen molar-refractivity contribution in [3.05, 3.63) is 66.7 Å². The zero-order valence-electron chi connectivity index (χ0n) is 11.5. The second-order valence-electron chi connectivity index (χ2n) is 4.48. The molecule has 0 N–H and O–H groups in total. The van der Waals surface area contributed by atoms with Crippen molar-refractivity contribution in [2.24, 2.45) is 0 Å². The molecule has 0 radical (unpaired) electrons. The summed E-state index contributed by atoms with van der Waals surface area (Å²) in [6.07, 6.45) is 0. The zero-order chi connectivity index (χ0) is 14.2. The van der Waals surface area contributed by atoms with E-state index in [0.717, 1.165) is 16.5 Å². The summed E-state index contributed by atoms with van der Waals surface area (Å²) >= 11 is 0. The van der Waals surface area contributed by atoms with E-state index in [1.165, 1.54) is 6.07 Å². The summed E-state index contributed by atoms with van der Waals surface area (Å²) in [5, 5.41) is 1.22. The Bertz CT molecular complexity index is 869. The number of hydrogen-bond acceptors (Lipinski definition) is 3. The van der Waals surface area contributed by atoms with E-state index in [1.807, 2.05) is 42.5 Å². The number of benzene rings is 3. The molecule has 0 aliphatic heterocycles. The predicted molar refractivity (Wildman–Crippen MR) is 77.3 cm³/mol. The molecule has 0 amide bonds. The maximum Gasteiger partial charge on any atom is 1.00 e. The van der Waals surface area contributed by atoms with E-state index in [4.69, 9.17) is 0 Å². The molecule has 0 unspecified atom stereocenters. The van der Waals surface area contributed by atoms with Crippen molar-refractivity contribution in [1.82, 2.24) is 0 Å². The fraction of sp³-hybridized carbons (Fsp3) is 0. The Morgan fingerprint density at radius 2 is 1.38 bits per heavy atom. The van der Waals surface area contributed by atoms with E-state index in [9.17, 15) is 13.0 Å². The summed E-state index contributed by atoms with van der Waals surface area (Å²) in [7, 11) is -4.51. The summed E-state index contributed by atoms with van der Waals surface area (Å²) in [4.78, 5) is -0.172. The van der Waals surface area contributed by atoms with Crippen molar-refractivity contribution in [3.8, 4) is 11.1 Å². The van der Waals surface area contributed by atoms with E-state index in [1.54, 1.807) is 18.2 Å². The Labute approximate surface area is 145 Å². The van der Waals surface area contributed by atoms with Gasteiger partial charge >= 0.3 is 29.6 Å². The number of rotatable bonds is 2. The van der Waals surface area contributed by atoms with Crippen molar-refractivity contribution in [2.75, 3.05) is 0 Å². The Morgan fingerprint density at radius 3 is 2.00 bits per heavy atom. The predicted octanol–water partition coefficient (Wildman–Crippen LogP) is 0.415. The zero-order valence-corrected chi connectivity index (χ0v) is 14.3. The van der Waals surface area contributed by atoms with Gasteiger partial charge in [-0.2, -0.15) is 0 Å². The van der Waals surface area contributed by atoms with Gasteiger partial charge in [0.2, 0.25) is 0 Å². The minimum Gasteiger partial charge on any atom is -0.744 e. The topological polar surface area (TPSA) is 57.2 Å². The van der Waals surface area contributed by atoms with Gasteiger partial charge in [0.1, 0.15) is 10.1 Å². The van der Waals surface area contributed by atoms with Crippen LogP contribution in [0.1, 0.15) is 0 Å². The molecule has 0 fully saturated rings. The van der Waals surface area contributed by atoms with Crippen LogP contribution in [0.4, 0.5) is 0 Å². The van der Waals surface area contributed by atoms with Crippen LogP contribution in [0, 0.1) is 0 Å². The van der Waals surface area contributed by atoms with Gasteiger partial charge < -0.3 is 4.55 Å². The molecule has 100 valence electrons. The Balaban J connectivity index is 0.00000161. The molecule has 3 nitrogen and oxygen atoms in total. The standard InChI is InChI=1S/C16H12O3S.Na/c17-20(18,19)15-11-5-9-13-8-4-10-14(16(13)15)12-6-2-1-3-7-12;/h1-11H,(H,17,18,19);/q;+1/p-1. The summed E-state index contributed by atoms with van der Waals surface area (Å²) in [5.41, 5.74) is 1.63. The maximum atomic E-state index is 11.5. The van der Waals surface area contributed by atoms with Crippen LogP contribution in [0.15, 0.2) is 71.6 Å². The molecule has 0 spiro atoms. The number of fused-ring (bicyclic) bond motifs is 1. The van der Waals surface area contributed by atoms with Gasteiger partial charge in [0.25, 0.3) is 0 Å². The molecule has 3 rings (SSSR count). The van der Waals surface area contributed by atoms with Gasteiger partial charge in [-0.3, -0.25) is 0 Å². The van der Waals surface area contributed by atoms with Crippen LogP contribution < -0.4 is 29.6 Å². The van der Waals surface area contributed by atoms with Crippen LogP contribution in [0.3, 0.4) is 0 Å². The molecule has 0 aliphatic rings. The molecule has 3 aromatic rings. The van der Waals surface area contributed by atoms with E-state index >= 15 is 0 Å². The second-order valence-corrected chi connectivity index (χ2v) is 5.83. The summed E-state index contributed by atoms with van der Waals surface area (Å²) in [6, 6.07) is 19.7. The van der Waals surface area contributed by atoms with Crippen molar-refractivity contribution in [1.29, 1.82) is 0 Å². The van der Waals surface area contributed by atoms with Crippen molar-refractivity contribution in [2.45, 2.75) is 4.90 Å². The molecule has 0 heterocycles. The van der Waals surface area contributed by atoms with Crippen molar-refractivity contribution in [3.63, 3.8) is 0 Å². The van der Waals surface area contributed by atoms with Gasteiger partial charge in [0.05, 0.1) is 4.90 Å². The average molecular weight is 306 g/mol. The third-order valence-corrected chi connectivity index (χ3v) is 4.10. The fourth-order valence-electron chi connectivity index (χ4n) is 2.37. The third kappa shape index (κ3) is 3.20.